The molecule has 42 heavy (non-hydrogen) atoms. The van der Waals surface area contributed by atoms with E-state index < -0.39 is 0 Å². The van der Waals surface area contributed by atoms with Crippen LogP contribution < -0.4 is 9.64 Å². The molecule has 222 valence electrons. The Balaban J connectivity index is 1.19. The van der Waals surface area contributed by atoms with Crippen molar-refractivity contribution in [3.05, 3.63) is 64.8 Å². The molecule has 0 spiro atoms. The summed E-state index contributed by atoms with van der Waals surface area (Å²) in [4.78, 5) is 26.6. The zero-order chi connectivity index (χ0) is 29.1. The summed E-state index contributed by atoms with van der Waals surface area (Å²) in [7, 11) is 3.59. The fourth-order valence-electron chi connectivity index (χ4n) is 7.13. The number of aromatic nitrogens is 1. The van der Waals surface area contributed by atoms with E-state index in [9.17, 15) is 4.79 Å². The largest absolute Gasteiger partial charge is 0.496 e. The predicted octanol–water partition coefficient (Wildman–Crippen LogP) is 8.82. The fraction of sp³-hybridized carbons (Fsp3) is 0.528. The third-order valence-electron chi connectivity index (χ3n) is 9.82. The number of anilines is 1. The van der Waals surface area contributed by atoms with Gasteiger partial charge in [0.15, 0.2) is 0 Å². The van der Waals surface area contributed by atoms with Gasteiger partial charge < -0.3 is 14.6 Å². The first kappa shape index (κ1) is 29.1. The van der Waals surface area contributed by atoms with Crippen LogP contribution in [-0.2, 0) is 4.79 Å². The quantitative estimate of drug-likeness (QED) is 0.237. The van der Waals surface area contributed by atoms with E-state index in [0.717, 1.165) is 56.5 Å². The minimum atomic E-state index is 0.0960. The number of aryl methyl sites for hydroxylation is 1. The number of thiazole rings is 1. The highest BCUT2D eigenvalue weighted by Gasteiger charge is 2.33. The normalized spacial score (nSPS) is 24.5. The van der Waals surface area contributed by atoms with Crippen LogP contribution in [0.15, 0.2) is 53.7 Å². The molecule has 6 heteroatoms. The molecule has 3 aliphatic rings. The second-order valence-electron chi connectivity index (χ2n) is 12.8. The highest BCUT2D eigenvalue weighted by Crippen LogP contribution is 2.44. The molecule has 3 fully saturated rings. The molecule has 1 heterocycles. The van der Waals surface area contributed by atoms with Crippen molar-refractivity contribution in [2.75, 3.05) is 25.6 Å². The van der Waals surface area contributed by atoms with Gasteiger partial charge in [0.05, 0.1) is 17.0 Å². The van der Waals surface area contributed by atoms with Gasteiger partial charge in [0.25, 0.3) is 0 Å². The van der Waals surface area contributed by atoms with Crippen LogP contribution in [0.5, 0.6) is 5.75 Å². The van der Waals surface area contributed by atoms with Crippen LogP contribution in [0.3, 0.4) is 0 Å². The van der Waals surface area contributed by atoms with Crippen LogP contribution in [0.1, 0.15) is 92.2 Å². The maximum atomic E-state index is 14.2. The van der Waals surface area contributed by atoms with E-state index in [1.165, 1.54) is 52.3 Å². The van der Waals surface area contributed by atoms with Gasteiger partial charge in [0, 0.05) is 43.5 Å². The van der Waals surface area contributed by atoms with Gasteiger partial charge in [-0.2, -0.15) is 0 Å². The van der Waals surface area contributed by atoms with Crippen molar-refractivity contribution < 1.29 is 9.53 Å². The van der Waals surface area contributed by atoms with Crippen LogP contribution in [0.2, 0.25) is 0 Å². The summed E-state index contributed by atoms with van der Waals surface area (Å²) >= 11 is 1.82. The molecule has 0 aliphatic heterocycles. The Morgan fingerprint density at radius 2 is 1.76 bits per heavy atom. The van der Waals surface area contributed by atoms with E-state index in [1.54, 1.807) is 7.11 Å². The lowest BCUT2D eigenvalue weighted by molar-refractivity contribution is -0.123. The van der Waals surface area contributed by atoms with Crippen LogP contribution >= 0.6 is 11.3 Å². The number of benzene rings is 2. The van der Waals surface area contributed by atoms with Gasteiger partial charge in [0.1, 0.15) is 5.75 Å². The molecule has 3 aliphatic carbocycles. The van der Waals surface area contributed by atoms with Gasteiger partial charge in [-0.15, -0.1) is 11.3 Å². The summed E-state index contributed by atoms with van der Waals surface area (Å²) in [5.41, 5.74) is 4.86. The molecule has 2 aromatic carbocycles. The highest BCUT2D eigenvalue weighted by molar-refractivity contribution is 7.15. The second kappa shape index (κ2) is 13.1. The number of hydrogen-bond donors (Lipinski definition) is 0. The van der Waals surface area contributed by atoms with Crippen LogP contribution in [0.25, 0.3) is 10.4 Å². The summed E-state index contributed by atoms with van der Waals surface area (Å²) in [6, 6.07) is 15.3. The minimum Gasteiger partial charge on any atom is -0.496 e. The van der Waals surface area contributed by atoms with E-state index in [0.29, 0.717) is 29.6 Å². The Hall–Kier alpha value is -2.99. The monoisotopic (exact) mass is 583 g/mol. The second-order valence-corrected chi connectivity index (χ2v) is 13.9. The number of nitrogens with zero attached hydrogens (tertiary/aromatic N) is 3. The Morgan fingerprint density at radius 3 is 2.45 bits per heavy atom. The van der Waals surface area contributed by atoms with Crippen molar-refractivity contribution in [2.24, 2.45) is 22.7 Å². The molecular formula is C36H45N3O2S. The van der Waals surface area contributed by atoms with E-state index in [4.69, 9.17) is 9.72 Å². The lowest BCUT2D eigenvalue weighted by atomic mass is 9.77. The SMILES string of the molecule is C/N=C\[C@H]1CC[C@H](C(=O)N(C[C@H]2CC[C@H](c3ccc(OC)c(C)c3)CC2)c2cccc(-c3cnc(C4CC4)s3)c2)CC1. The van der Waals surface area contributed by atoms with Gasteiger partial charge in [-0.3, -0.25) is 4.79 Å². The fourth-order valence-corrected chi connectivity index (χ4v) is 8.21. The summed E-state index contributed by atoms with van der Waals surface area (Å²) in [6.45, 7) is 2.94. The maximum absolute atomic E-state index is 14.2. The summed E-state index contributed by atoms with van der Waals surface area (Å²) in [6.07, 6.45) is 15.3. The molecule has 0 N–H and O–H groups in total. The van der Waals surface area contributed by atoms with Crippen LogP contribution in [0.4, 0.5) is 5.69 Å². The van der Waals surface area contributed by atoms with Crippen molar-refractivity contribution in [1.29, 1.82) is 0 Å². The van der Waals surface area contributed by atoms with Crippen LogP contribution in [0, 0.1) is 24.7 Å². The predicted molar refractivity (Wildman–Crippen MR) is 174 cm³/mol. The molecule has 0 saturated heterocycles. The number of methoxy groups -OCH3 is 1. The number of carbonyl (C=O) groups is 1. The lowest BCUT2D eigenvalue weighted by Crippen LogP contribution is -2.41. The third-order valence-corrected chi connectivity index (χ3v) is 11.0. The Kier molecular flexibility index (Phi) is 9.09. The zero-order valence-corrected chi connectivity index (χ0v) is 26.2. The van der Waals surface area contributed by atoms with E-state index in [-0.39, 0.29) is 5.92 Å². The Morgan fingerprint density at radius 1 is 1.00 bits per heavy atom. The molecule has 1 aromatic heterocycles. The van der Waals surface area contributed by atoms with Crippen LogP contribution in [-0.4, -0.2) is 37.8 Å². The average Bonchev–Trinajstić information content (AvgIpc) is 3.76. The molecule has 3 saturated carbocycles. The van der Waals surface area contributed by atoms with Gasteiger partial charge in [-0.1, -0.05) is 24.3 Å². The van der Waals surface area contributed by atoms with Gasteiger partial charge in [0.2, 0.25) is 5.91 Å². The first-order valence-corrected chi connectivity index (χ1v) is 16.8. The molecule has 0 bridgehead atoms. The van der Waals surface area contributed by atoms with E-state index >= 15 is 0 Å². The number of ether oxygens (including phenoxy) is 1. The maximum Gasteiger partial charge on any atom is 0.230 e. The Labute approximate surface area is 255 Å². The number of hydrogen-bond acceptors (Lipinski definition) is 5. The summed E-state index contributed by atoms with van der Waals surface area (Å²) in [5.74, 6) is 3.65. The highest BCUT2D eigenvalue weighted by atomic mass is 32.1. The van der Waals surface area contributed by atoms with Crippen molar-refractivity contribution in [2.45, 2.75) is 83.0 Å². The summed E-state index contributed by atoms with van der Waals surface area (Å²) < 4.78 is 5.48. The van der Waals surface area contributed by atoms with Gasteiger partial charge >= 0.3 is 0 Å². The number of carbonyl (C=O) groups excluding carboxylic acids is 1. The summed E-state index contributed by atoms with van der Waals surface area (Å²) in [5, 5.41) is 1.26. The first-order chi connectivity index (χ1) is 20.5. The standard InChI is InChI=1S/C36H45N3O2S/c1-24-19-30(17-18-33(24)41-3)27-11-9-26(10-12-27)23-39(36(40)29-13-7-25(8-14-29)21-37-2)32-6-4-5-31(20-32)34-22-38-35(42-34)28-15-16-28/h4-6,17-22,25-29H,7-16,23H2,1-3H3/b37-21-/t25-,26-,27-,29-. The van der Waals surface area contributed by atoms with E-state index in [2.05, 4.69) is 65.5 Å². The van der Waals surface area contributed by atoms with E-state index in [1.807, 2.05) is 24.6 Å². The molecule has 1 amide bonds. The van der Waals surface area contributed by atoms with Gasteiger partial charge in [-0.25, -0.2) is 4.98 Å². The first-order valence-electron chi connectivity index (χ1n) is 16.0. The third kappa shape index (κ3) is 6.64. The minimum absolute atomic E-state index is 0.0960. The molecule has 0 radical (unpaired) electrons. The van der Waals surface area contributed by atoms with Gasteiger partial charge in [-0.05, 0) is 124 Å². The Bertz CT molecular complexity index is 1390. The molecular weight excluding hydrogens is 538 g/mol. The zero-order valence-electron chi connectivity index (χ0n) is 25.4. The topological polar surface area (TPSA) is 54.8 Å². The number of aliphatic imine (C=N–C) groups is 1. The van der Waals surface area contributed by atoms with Crippen molar-refractivity contribution in [1.82, 2.24) is 4.98 Å². The van der Waals surface area contributed by atoms with Crippen molar-refractivity contribution >= 4 is 29.1 Å². The van der Waals surface area contributed by atoms with Crippen molar-refractivity contribution in [3.8, 4) is 16.2 Å². The number of rotatable bonds is 9. The molecule has 3 aromatic rings. The molecule has 6 rings (SSSR count). The molecule has 5 nitrogen and oxygen atoms in total. The number of amides is 1. The smallest absolute Gasteiger partial charge is 0.230 e. The molecule has 0 atom stereocenters. The average molecular weight is 584 g/mol. The molecule has 0 unspecified atom stereocenters. The van der Waals surface area contributed by atoms with Crippen molar-refractivity contribution in [3.63, 3.8) is 0 Å². The lowest BCUT2D eigenvalue weighted by Gasteiger charge is -2.36.